The fourth-order valence-corrected chi connectivity index (χ4v) is 3.49. The number of carboxylic acid groups (broad SMARTS) is 1. The topological polar surface area (TPSA) is 41.7 Å². The molecule has 0 saturated heterocycles. The molecule has 0 aliphatic heterocycles. The molecule has 132 valence electrons. The van der Waals surface area contributed by atoms with Crippen LogP contribution in [0, 0.1) is 5.92 Å². The van der Waals surface area contributed by atoms with Gasteiger partial charge < -0.3 is 22.4 Å². The molecule has 2 unspecified atom stereocenters. The molecule has 0 radical (unpaired) electrons. The zero-order chi connectivity index (χ0) is 17.0. The Morgan fingerprint density at radius 2 is 1.79 bits per heavy atom. The lowest BCUT2D eigenvalue weighted by molar-refractivity contribution is -0.858. The molecule has 24 heavy (non-hydrogen) atoms. The van der Waals surface area contributed by atoms with E-state index in [-0.39, 0.29) is 18.3 Å². The summed E-state index contributed by atoms with van der Waals surface area (Å²) in [4.78, 5) is 13.7. The molecule has 3 nitrogen and oxygen atoms in total. The van der Waals surface area contributed by atoms with E-state index in [9.17, 15) is 9.90 Å². The van der Waals surface area contributed by atoms with Crippen LogP contribution in [0.15, 0.2) is 42.5 Å². The summed E-state index contributed by atoms with van der Waals surface area (Å²) >= 11 is 0. The maximum atomic E-state index is 12.5. The molecule has 0 aromatic heterocycles. The number of nitrogens with one attached hydrogen (secondary N) is 1. The van der Waals surface area contributed by atoms with Crippen molar-refractivity contribution in [2.24, 2.45) is 5.92 Å². The monoisotopic (exact) mass is 349 g/mol. The second kappa shape index (κ2) is 8.50. The Labute approximate surface area is 151 Å². The van der Waals surface area contributed by atoms with Gasteiger partial charge in [0.1, 0.15) is 5.41 Å². The van der Waals surface area contributed by atoms with Gasteiger partial charge in [0.05, 0.1) is 20.6 Å². The van der Waals surface area contributed by atoms with Gasteiger partial charge in [0.2, 0.25) is 0 Å². The fraction of sp³-hybridized carbons (Fsp3) is 0.450. The number of hydrogen-bond donors (Lipinski definition) is 2. The predicted molar refractivity (Wildman–Crippen MR) is 95.0 cm³/mol. The normalized spacial score (nSPS) is 14.9. The molecule has 0 saturated carbocycles. The second-order valence-electron chi connectivity index (χ2n) is 6.82. The number of halogens is 1. The molecule has 2 rings (SSSR count). The highest BCUT2D eigenvalue weighted by atomic mass is 35.5. The van der Waals surface area contributed by atoms with E-state index < -0.39 is 11.4 Å². The standard InChI is InChI=1S/C20H27NO2.ClH/c1-5-15(2)20(19(22)23,13-14-21(3)4)18-12-8-10-16-9-6-7-11-17(16)18;/h6-12,15H,5,13-14H2,1-4H3,(H,22,23);1H. The first-order valence-corrected chi connectivity index (χ1v) is 8.44. The molecular weight excluding hydrogens is 322 g/mol. The van der Waals surface area contributed by atoms with E-state index in [0.29, 0.717) is 6.42 Å². The number of rotatable bonds is 7. The van der Waals surface area contributed by atoms with Gasteiger partial charge in [0.15, 0.2) is 0 Å². The van der Waals surface area contributed by atoms with E-state index in [1.807, 2.05) is 30.3 Å². The van der Waals surface area contributed by atoms with Crippen LogP contribution in [-0.2, 0) is 10.2 Å². The Balaban J connectivity index is 0.00000288. The predicted octanol–water partition coefficient (Wildman–Crippen LogP) is -0.253. The highest BCUT2D eigenvalue weighted by molar-refractivity contribution is 5.93. The molecule has 0 aliphatic rings. The van der Waals surface area contributed by atoms with Crippen molar-refractivity contribution < 1.29 is 27.2 Å². The second-order valence-corrected chi connectivity index (χ2v) is 6.82. The average molecular weight is 350 g/mol. The van der Waals surface area contributed by atoms with Crippen LogP contribution >= 0.6 is 0 Å². The molecule has 2 N–H and O–H groups in total. The third-order valence-electron chi connectivity index (χ3n) is 5.12. The van der Waals surface area contributed by atoms with E-state index in [1.54, 1.807) is 0 Å². The SMILES string of the molecule is CCC(C)C(CC[NH+](C)C)(C(=O)O)c1cccc2ccccc12.[Cl-]. The van der Waals surface area contributed by atoms with E-state index in [0.717, 1.165) is 29.3 Å². The zero-order valence-corrected chi connectivity index (χ0v) is 15.7. The summed E-state index contributed by atoms with van der Waals surface area (Å²) in [5, 5.41) is 12.4. The zero-order valence-electron chi connectivity index (χ0n) is 15.0. The summed E-state index contributed by atoms with van der Waals surface area (Å²) in [7, 11) is 4.15. The highest BCUT2D eigenvalue weighted by Gasteiger charge is 2.45. The number of benzene rings is 2. The third kappa shape index (κ3) is 3.73. The lowest BCUT2D eigenvalue weighted by Gasteiger charge is -2.36. The lowest BCUT2D eigenvalue weighted by atomic mass is 9.66. The van der Waals surface area contributed by atoms with E-state index in [4.69, 9.17) is 0 Å². The van der Waals surface area contributed by atoms with Gasteiger partial charge in [-0.2, -0.15) is 0 Å². The summed E-state index contributed by atoms with van der Waals surface area (Å²) in [5.74, 6) is -0.630. The molecule has 0 bridgehead atoms. The lowest BCUT2D eigenvalue weighted by Crippen LogP contribution is -3.06. The minimum absolute atomic E-state index is 0. The van der Waals surface area contributed by atoms with Gasteiger partial charge >= 0.3 is 5.97 Å². The molecule has 2 atom stereocenters. The molecular formula is C20H28ClNO2. The van der Waals surface area contributed by atoms with Crippen molar-refractivity contribution in [3.63, 3.8) is 0 Å². The van der Waals surface area contributed by atoms with Crippen LogP contribution in [0.4, 0.5) is 0 Å². The molecule has 2 aromatic carbocycles. The highest BCUT2D eigenvalue weighted by Crippen LogP contribution is 2.41. The Morgan fingerprint density at radius 1 is 1.17 bits per heavy atom. The Bertz CT molecular complexity index is 681. The smallest absolute Gasteiger partial charge is 0.314 e. The maximum Gasteiger partial charge on any atom is 0.314 e. The molecule has 4 heteroatoms. The van der Waals surface area contributed by atoms with Crippen molar-refractivity contribution in [3.05, 3.63) is 48.0 Å². The molecule has 0 fully saturated rings. The van der Waals surface area contributed by atoms with Gasteiger partial charge in [0, 0.05) is 6.42 Å². The van der Waals surface area contributed by atoms with Crippen molar-refractivity contribution in [3.8, 4) is 0 Å². The van der Waals surface area contributed by atoms with Crippen LogP contribution in [0.1, 0.15) is 32.3 Å². The Morgan fingerprint density at radius 3 is 2.38 bits per heavy atom. The molecule has 0 heterocycles. The number of fused-ring (bicyclic) bond motifs is 1. The number of aliphatic carboxylic acids is 1. The first-order chi connectivity index (χ1) is 10.9. The molecule has 0 aliphatic carbocycles. The van der Waals surface area contributed by atoms with Gasteiger partial charge in [-0.1, -0.05) is 62.7 Å². The summed E-state index contributed by atoms with van der Waals surface area (Å²) in [5.41, 5.74) is 0.117. The van der Waals surface area contributed by atoms with Crippen LogP contribution in [0.5, 0.6) is 0 Å². The van der Waals surface area contributed by atoms with E-state index in [2.05, 4.69) is 40.1 Å². The summed E-state index contributed by atoms with van der Waals surface area (Å²) in [6.07, 6.45) is 1.49. The van der Waals surface area contributed by atoms with E-state index >= 15 is 0 Å². The number of carbonyl (C=O) groups is 1. The van der Waals surface area contributed by atoms with Gasteiger partial charge in [-0.05, 0) is 22.3 Å². The van der Waals surface area contributed by atoms with Crippen LogP contribution in [0.3, 0.4) is 0 Å². The minimum Gasteiger partial charge on any atom is -1.00 e. The number of hydrogen-bond acceptors (Lipinski definition) is 1. The molecule has 0 spiro atoms. The van der Waals surface area contributed by atoms with Crippen LogP contribution in [0.25, 0.3) is 10.8 Å². The van der Waals surface area contributed by atoms with Crippen LogP contribution in [0.2, 0.25) is 0 Å². The number of quaternary nitrogens is 1. The van der Waals surface area contributed by atoms with Gasteiger partial charge in [-0.25, -0.2) is 0 Å². The van der Waals surface area contributed by atoms with E-state index in [1.165, 1.54) is 4.90 Å². The van der Waals surface area contributed by atoms with Crippen LogP contribution in [-0.4, -0.2) is 31.7 Å². The third-order valence-corrected chi connectivity index (χ3v) is 5.12. The number of carboxylic acids is 1. The van der Waals surface area contributed by atoms with Crippen molar-refractivity contribution >= 4 is 16.7 Å². The Hall–Kier alpha value is -1.58. The summed E-state index contributed by atoms with van der Waals surface area (Å²) in [6.45, 7) is 4.98. The molecule has 2 aromatic rings. The van der Waals surface area contributed by atoms with Crippen molar-refractivity contribution in [2.45, 2.75) is 32.1 Å². The quantitative estimate of drug-likeness (QED) is 0.723. The molecule has 0 amide bonds. The summed E-state index contributed by atoms with van der Waals surface area (Å²) in [6, 6.07) is 14.1. The first-order valence-electron chi connectivity index (χ1n) is 8.44. The average Bonchev–Trinajstić information content (AvgIpc) is 2.54. The van der Waals surface area contributed by atoms with Gasteiger partial charge in [-0.15, -0.1) is 0 Å². The fourth-order valence-electron chi connectivity index (χ4n) is 3.49. The van der Waals surface area contributed by atoms with Gasteiger partial charge in [0.25, 0.3) is 0 Å². The van der Waals surface area contributed by atoms with Gasteiger partial charge in [-0.3, -0.25) is 4.79 Å². The largest absolute Gasteiger partial charge is 1.00 e. The van der Waals surface area contributed by atoms with Crippen molar-refractivity contribution in [2.75, 3.05) is 20.6 Å². The Kier molecular flexibility index (Phi) is 7.25. The van der Waals surface area contributed by atoms with Crippen LogP contribution < -0.4 is 17.3 Å². The maximum absolute atomic E-state index is 12.5. The summed E-state index contributed by atoms with van der Waals surface area (Å²) < 4.78 is 0. The van der Waals surface area contributed by atoms with Crippen molar-refractivity contribution in [1.82, 2.24) is 0 Å². The van der Waals surface area contributed by atoms with Crippen molar-refractivity contribution in [1.29, 1.82) is 0 Å². The minimum atomic E-state index is -0.840. The first kappa shape index (κ1) is 20.5.